The normalized spacial score (nSPS) is 21.3. The number of esters is 1. The van der Waals surface area contributed by atoms with Crippen LogP contribution in [-0.4, -0.2) is 55.8 Å². The highest BCUT2D eigenvalue weighted by atomic mass is 16.5. The third-order valence-corrected chi connectivity index (χ3v) is 5.29. The van der Waals surface area contributed by atoms with Crippen LogP contribution in [0.25, 0.3) is 0 Å². The lowest BCUT2D eigenvalue weighted by Crippen LogP contribution is -2.37. The molecule has 1 aromatic carbocycles. The molecule has 0 radical (unpaired) electrons. The molecule has 0 bridgehead atoms. The Morgan fingerprint density at radius 3 is 2.25 bits per heavy atom. The molecule has 1 aliphatic carbocycles. The van der Waals surface area contributed by atoms with Gasteiger partial charge in [-0.15, -0.1) is 0 Å². The summed E-state index contributed by atoms with van der Waals surface area (Å²) in [6.07, 6.45) is 3.18. The van der Waals surface area contributed by atoms with E-state index in [-0.39, 0.29) is 29.2 Å². The van der Waals surface area contributed by atoms with Gasteiger partial charge < -0.3 is 14.2 Å². The number of benzene rings is 1. The Balaban J connectivity index is 1.59. The van der Waals surface area contributed by atoms with Crippen LogP contribution in [0.15, 0.2) is 18.2 Å². The number of hydrogen-bond donors (Lipinski definition) is 0. The molecule has 8 nitrogen and oxygen atoms in total. The van der Waals surface area contributed by atoms with E-state index in [2.05, 4.69) is 0 Å². The summed E-state index contributed by atoms with van der Waals surface area (Å²) in [5.41, 5.74) is 0.217. The van der Waals surface area contributed by atoms with Crippen LogP contribution in [0.3, 0.4) is 0 Å². The summed E-state index contributed by atoms with van der Waals surface area (Å²) in [6.45, 7) is -0.987. The van der Waals surface area contributed by atoms with Crippen molar-refractivity contribution >= 4 is 23.6 Å². The molecule has 2 atom stereocenters. The van der Waals surface area contributed by atoms with Gasteiger partial charge in [0.2, 0.25) is 17.6 Å². The van der Waals surface area contributed by atoms with Gasteiger partial charge in [0.15, 0.2) is 6.61 Å². The molecule has 1 saturated heterocycles. The number of rotatable bonds is 7. The zero-order valence-corrected chi connectivity index (χ0v) is 15.9. The Bertz CT molecular complexity index is 780. The van der Waals surface area contributed by atoms with Gasteiger partial charge in [0, 0.05) is 0 Å². The second-order valence-electron chi connectivity index (χ2n) is 6.91. The minimum atomic E-state index is -0.796. The van der Waals surface area contributed by atoms with Crippen LogP contribution in [0, 0.1) is 11.8 Å². The summed E-state index contributed by atoms with van der Waals surface area (Å²) in [4.78, 5) is 50.3. The van der Waals surface area contributed by atoms with E-state index in [1.54, 1.807) is 12.1 Å². The van der Waals surface area contributed by atoms with E-state index in [0.29, 0.717) is 24.3 Å². The minimum Gasteiger partial charge on any atom is -0.497 e. The fraction of sp³-hybridized carbons (Fsp3) is 0.500. The number of hydrogen-bond acceptors (Lipinski definition) is 7. The molecule has 1 aromatic rings. The average molecular weight is 389 g/mol. The number of fused-ring (bicyclic) bond motifs is 1. The van der Waals surface area contributed by atoms with Crippen molar-refractivity contribution in [1.82, 2.24) is 4.90 Å². The fourth-order valence-corrected chi connectivity index (χ4v) is 3.82. The number of carbonyl (C=O) groups excluding carboxylic acids is 4. The molecule has 2 aliphatic rings. The lowest BCUT2D eigenvalue weighted by atomic mass is 9.81. The quantitative estimate of drug-likeness (QED) is 0.397. The van der Waals surface area contributed by atoms with Gasteiger partial charge in [0.25, 0.3) is 0 Å². The number of imide groups is 1. The molecule has 150 valence electrons. The summed E-state index contributed by atoms with van der Waals surface area (Å²) in [5, 5.41) is 0. The van der Waals surface area contributed by atoms with Crippen molar-refractivity contribution in [3.63, 3.8) is 0 Å². The Labute approximate surface area is 162 Å². The van der Waals surface area contributed by atoms with E-state index in [1.165, 1.54) is 20.3 Å². The van der Waals surface area contributed by atoms with Crippen molar-refractivity contribution in [3.05, 3.63) is 23.8 Å². The Morgan fingerprint density at radius 1 is 1.04 bits per heavy atom. The molecule has 0 N–H and O–H groups in total. The van der Waals surface area contributed by atoms with Crippen LogP contribution < -0.4 is 9.47 Å². The number of methoxy groups -OCH3 is 2. The largest absolute Gasteiger partial charge is 0.497 e. The number of ketones is 1. The molecular weight excluding hydrogens is 366 g/mol. The predicted octanol–water partition coefficient (Wildman–Crippen LogP) is 1.60. The van der Waals surface area contributed by atoms with E-state index in [4.69, 9.17) is 14.2 Å². The van der Waals surface area contributed by atoms with Crippen molar-refractivity contribution in [2.45, 2.75) is 25.7 Å². The number of likely N-dealkylation sites (tertiary alicyclic amines) is 1. The van der Waals surface area contributed by atoms with Gasteiger partial charge in [0.1, 0.15) is 18.0 Å². The van der Waals surface area contributed by atoms with E-state index >= 15 is 0 Å². The first-order valence-electron chi connectivity index (χ1n) is 9.22. The number of nitrogens with zero attached hydrogens (tertiary/aromatic N) is 1. The number of carbonyl (C=O) groups is 4. The molecule has 1 saturated carbocycles. The number of ether oxygens (including phenoxy) is 3. The molecule has 8 heteroatoms. The van der Waals surface area contributed by atoms with Crippen LogP contribution >= 0.6 is 0 Å². The molecule has 2 fully saturated rings. The lowest BCUT2D eigenvalue weighted by molar-refractivity contribution is -0.152. The maximum absolute atomic E-state index is 12.4. The van der Waals surface area contributed by atoms with Crippen molar-refractivity contribution < 1.29 is 33.4 Å². The average Bonchev–Trinajstić information content (AvgIpc) is 2.96. The molecular formula is C20H23NO7. The molecule has 3 rings (SSSR count). The smallest absolute Gasteiger partial charge is 0.326 e. The summed E-state index contributed by atoms with van der Waals surface area (Å²) in [5.74, 6) is -1.75. The van der Waals surface area contributed by atoms with Gasteiger partial charge in [-0.2, -0.15) is 0 Å². The van der Waals surface area contributed by atoms with Crippen molar-refractivity contribution in [2.75, 3.05) is 27.4 Å². The SMILES string of the molecule is COc1ccc(OC)c(C(=O)COC(=O)CN2C(=O)[C@H]3CCCC[C@@H]3C2=O)c1. The predicted molar refractivity (Wildman–Crippen MR) is 97.0 cm³/mol. The molecule has 0 aromatic heterocycles. The van der Waals surface area contributed by atoms with Gasteiger partial charge >= 0.3 is 5.97 Å². The monoisotopic (exact) mass is 389 g/mol. The first kappa shape index (κ1) is 19.9. The zero-order chi connectivity index (χ0) is 20.3. The third-order valence-electron chi connectivity index (χ3n) is 5.29. The molecule has 2 amide bonds. The summed E-state index contributed by atoms with van der Waals surface area (Å²) in [6, 6.07) is 4.72. The molecule has 1 aliphatic heterocycles. The number of Topliss-reactive ketones (excluding diaryl/α,β-unsaturated/α-hetero) is 1. The topological polar surface area (TPSA) is 99.2 Å². The Kier molecular flexibility index (Phi) is 5.96. The van der Waals surface area contributed by atoms with E-state index in [0.717, 1.165) is 17.7 Å². The Morgan fingerprint density at radius 2 is 1.68 bits per heavy atom. The van der Waals surface area contributed by atoms with Gasteiger partial charge in [-0.25, -0.2) is 0 Å². The van der Waals surface area contributed by atoms with Gasteiger partial charge in [-0.3, -0.25) is 24.1 Å². The zero-order valence-electron chi connectivity index (χ0n) is 15.9. The second kappa shape index (κ2) is 8.41. The van der Waals surface area contributed by atoms with Crippen LogP contribution in [0.1, 0.15) is 36.0 Å². The van der Waals surface area contributed by atoms with E-state index in [9.17, 15) is 19.2 Å². The van der Waals surface area contributed by atoms with Gasteiger partial charge in [-0.1, -0.05) is 12.8 Å². The van der Waals surface area contributed by atoms with Crippen LogP contribution in [0.4, 0.5) is 0 Å². The second-order valence-corrected chi connectivity index (χ2v) is 6.91. The number of amides is 2. The molecule has 0 unspecified atom stereocenters. The molecule has 28 heavy (non-hydrogen) atoms. The van der Waals surface area contributed by atoms with Crippen molar-refractivity contribution in [3.8, 4) is 11.5 Å². The highest BCUT2D eigenvalue weighted by molar-refractivity contribution is 6.07. The lowest BCUT2D eigenvalue weighted by Gasteiger charge is -2.19. The van der Waals surface area contributed by atoms with Crippen molar-refractivity contribution in [2.24, 2.45) is 11.8 Å². The first-order chi connectivity index (χ1) is 13.5. The van der Waals surface area contributed by atoms with Crippen LogP contribution in [0.5, 0.6) is 11.5 Å². The van der Waals surface area contributed by atoms with Crippen LogP contribution in [-0.2, 0) is 19.1 Å². The minimum absolute atomic E-state index is 0.217. The standard InChI is InChI=1S/C20H23NO7/c1-26-12-7-8-17(27-2)15(9-12)16(22)11-28-18(23)10-21-19(24)13-5-3-4-6-14(13)20(21)25/h7-9,13-14H,3-6,10-11H2,1-2H3/t13-,14-/m0/s1. The van der Waals surface area contributed by atoms with Gasteiger partial charge in [0.05, 0.1) is 31.6 Å². The first-order valence-corrected chi connectivity index (χ1v) is 9.22. The maximum Gasteiger partial charge on any atom is 0.326 e. The highest BCUT2D eigenvalue weighted by Gasteiger charge is 2.48. The van der Waals surface area contributed by atoms with Crippen molar-refractivity contribution in [1.29, 1.82) is 0 Å². The van der Waals surface area contributed by atoms with Gasteiger partial charge in [-0.05, 0) is 31.0 Å². The summed E-state index contributed by atoms with van der Waals surface area (Å²) in [7, 11) is 2.90. The fourth-order valence-electron chi connectivity index (χ4n) is 3.82. The Hall–Kier alpha value is -2.90. The molecule has 1 heterocycles. The molecule has 0 spiro atoms. The summed E-state index contributed by atoms with van der Waals surface area (Å²) >= 11 is 0. The van der Waals surface area contributed by atoms with E-state index < -0.39 is 24.9 Å². The summed E-state index contributed by atoms with van der Waals surface area (Å²) < 4.78 is 15.3. The third kappa shape index (κ3) is 3.85. The maximum atomic E-state index is 12.4. The van der Waals surface area contributed by atoms with E-state index in [1.807, 2.05) is 0 Å². The highest BCUT2D eigenvalue weighted by Crippen LogP contribution is 2.37. The van der Waals surface area contributed by atoms with Crippen LogP contribution in [0.2, 0.25) is 0 Å².